The van der Waals surface area contributed by atoms with Gasteiger partial charge in [0.05, 0.1) is 18.3 Å². The van der Waals surface area contributed by atoms with Crippen LogP contribution < -0.4 is 11.3 Å². The van der Waals surface area contributed by atoms with Crippen LogP contribution in [0.25, 0.3) is 0 Å². The summed E-state index contributed by atoms with van der Waals surface area (Å²) in [7, 11) is 1.63. The lowest BCUT2D eigenvalue weighted by atomic mass is 9.96. The van der Waals surface area contributed by atoms with E-state index in [1.54, 1.807) is 7.11 Å². The fraction of sp³-hybridized carbons (Fsp3) is 0.769. The second-order valence-electron chi connectivity index (χ2n) is 4.95. The monoisotopic (exact) mass is 253 g/mol. The molecule has 0 atom stereocenters. The van der Waals surface area contributed by atoms with Crippen molar-refractivity contribution in [3.05, 3.63) is 16.0 Å². The van der Waals surface area contributed by atoms with Crippen molar-refractivity contribution in [3.63, 3.8) is 0 Å². The van der Waals surface area contributed by atoms with Crippen molar-refractivity contribution in [1.82, 2.24) is 9.36 Å². The average molecular weight is 253 g/mol. The highest BCUT2D eigenvalue weighted by Gasteiger charge is 2.24. The van der Waals surface area contributed by atoms with Gasteiger partial charge in [0, 0.05) is 13.7 Å². The Balaban J connectivity index is 2.44. The van der Waals surface area contributed by atoms with Crippen LogP contribution in [0.4, 0.5) is 5.69 Å². The number of hydrogen-bond donors (Lipinski definition) is 1. The zero-order valence-electron chi connectivity index (χ0n) is 11.3. The third-order valence-corrected chi connectivity index (χ3v) is 3.82. The molecule has 102 valence electrons. The molecule has 1 aromatic heterocycles. The Morgan fingerprint density at radius 2 is 2.00 bits per heavy atom. The molecular weight excluding hydrogens is 230 g/mol. The van der Waals surface area contributed by atoms with Gasteiger partial charge >= 0.3 is 0 Å². The van der Waals surface area contributed by atoms with Gasteiger partial charge in [-0.2, -0.15) is 0 Å². The highest BCUT2D eigenvalue weighted by atomic mass is 16.5. The van der Waals surface area contributed by atoms with Crippen molar-refractivity contribution >= 4 is 5.69 Å². The van der Waals surface area contributed by atoms with E-state index in [0.29, 0.717) is 18.3 Å². The quantitative estimate of drug-likeness (QED) is 0.891. The normalized spacial score (nSPS) is 17.2. The minimum atomic E-state index is -0.0456. The molecule has 1 saturated carbocycles. The van der Waals surface area contributed by atoms with Crippen molar-refractivity contribution in [1.29, 1.82) is 0 Å². The van der Waals surface area contributed by atoms with Gasteiger partial charge in [0.25, 0.3) is 5.56 Å². The van der Waals surface area contributed by atoms with Crippen LogP contribution in [0.5, 0.6) is 0 Å². The molecule has 1 aromatic rings. The molecule has 0 bridgehead atoms. The molecule has 0 unspecified atom stereocenters. The highest BCUT2D eigenvalue weighted by molar-refractivity contribution is 5.41. The van der Waals surface area contributed by atoms with E-state index in [4.69, 9.17) is 10.5 Å². The van der Waals surface area contributed by atoms with Crippen LogP contribution in [0.15, 0.2) is 4.79 Å². The molecule has 1 aliphatic carbocycles. The van der Waals surface area contributed by atoms with E-state index in [-0.39, 0.29) is 5.56 Å². The molecular formula is C13H23N3O2. The molecule has 1 aliphatic rings. The van der Waals surface area contributed by atoms with Crippen LogP contribution in [0, 0.1) is 0 Å². The molecule has 0 radical (unpaired) electrons. The van der Waals surface area contributed by atoms with Gasteiger partial charge in [0.15, 0.2) is 0 Å². The lowest BCUT2D eigenvalue weighted by molar-refractivity contribution is 0.172. The Bertz CT molecular complexity index is 456. The number of anilines is 1. The number of ether oxygens (including phenoxy) is 1. The average Bonchev–Trinajstić information content (AvgIpc) is 2.64. The van der Waals surface area contributed by atoms with Crippen molar-refractivity contribution in [2.24, 2.45) is 0 Å². The van der Waals surface area contributed by atoms with Crippen LogP contribution in [-0.4, -0.2) is 16.5 Å². The van der Waals surface area contributed by atoms with E-state index in [1.165, 1.54) is 19.3 Å². The maximum absolute atomic E-state index is 12.3. The molecule has 0 saturated heterocycles. The van der Waals surface area contributed by atoms with E-state index in [9.17, 15) is 4.79 Å². The summed E-state index contributed by atoms with van der Waals surface area (Å²) in [5.41, 5.74) is 7.06. The van der Waals surface area contributed by atoms with Crippen LogP contribution in [0.1, 0.15) is 50.8 Å². The number of rotatable bonds is 4. The number of methoxy groups -OCH3 is 1. The van der Waals surface area contributed by atoms with E-state index < -0.39 is 0 Å². The van der Waals surface area contributed by atoms with Crippen molar-refractivity contribution < 1.29 is 4.74 Å². The summed E-state index contributed by atoms with van der Waals surface area (Å²) in [6.07, 6.45) is 5.83. The smallest absolute Gasteiger partial charge is 0.290 e. The van der Waals surface area contributed by atoms with Gasteiger partial charge in [-0.3, -0.25) is 9.48 Å². The minimum absolute atomic E-state index is 0.0456. The molecule has 0 amide bonds. The highest BCUT2D eigenvalue weighted by Crippen LogP contribution is 2.28. The number of aromatic nitrogens is 2. The van der Waals surface area contributed by atoms with Crippen LogP contribution >= 0.6 is 0 Å². The molecule has 1 fully saturated rings. The summed E-state index contributed by atoms with van der Waals surface area (Å²) >= 11 is 0. The predicted molar refractivity (Wildman–Crippen MR) is 71.6 cm³/mol. The van der Waals surface area contributed by atoms with E-state index in [1.807, 2.05) is 16.3 Å². The van der Waals surface area contributed by atoms with E-state index in [0.717, 1.165) is 25.1 Å². The van der Waals surface area contributed by atoms with Crippen molar-refractivity contribution in [2.45, 2.75) is 58.2 Å². The topological polar surface area (TPSA) is 62.2 Å². The number of nitrogen functional groups attached to an aromatic ring is 1. The summed E-state index contributed by atoms with van der Waals surface area (Å²) in [5.74, 6) is 0. The lowest BCUT2D eigenvalue weighted by Gasteiger charge is -2.25. The van der Waals surface area contributed by atoms with Gasteiger partial charge in [0.1, 0.15) is 5.69 Å². The molecule has 2 N–H and O–H groups in total. The van der Waals surface area contributed by atoms with Gasteiger partial charge in [-0.05, 0) is 19.8 Å². The summed E-state index contributed by atoms with van der Waals surface area (Å²) in [4.78, 5) is 12.3. The molecule has 2 rings (SSSR count). The Morgan fingerprint density at radius 3 is 2.56 bits per heavy atom. The molecule has 0 aromatic carbocycles. The first kappa shape index (κ1) is 13.2. The summed E-state index contributed by atoms with van der Waals surface area (Å²) in [6.45, 7) is 3.19. The fourth-order valence-electron chi connectivity index (χ4n) is 2.95. The number of nitrogens with zero attached hydrogens (tertiary/aromatic N) is 2. The molecule has 5 heteroatoms. The van der Waals surface area contributed by atoms with Gasteiger partial charge in [0.2, 0.25) is 0 Å². The van der Waals surface area contributed by atoms with Gasteiger partial charge < -0.3 is 10.5 Å². The number of nitrogens with two attached hydrogens (primary N) is 1. The molecule has 0 aliphatic heterocycles. The molecule has 1 heterocycles. The first-order valence-corrected chi connectivity index (χ1v) is 6.79. The zero-order valence-corrected chi connectivity index (χ0v) is 11.3. The van der Waals surface area contributed by atoms with E-state index in [2.05, 4.69) is 0 Å². The first-order valence-electron chi connectivity index (χ1n) is 6.79. The lowest BCUT2D eigenvalue weighted by Crippen LogP contribution is -2.29. The number of hydrogen-bond acceptors (Lipinski definition) is 3. The van der Waals surface area contributed by atoms with Crippen LogP contribution in [-0.2, 0) is 17.9 Å². The SMILES string of the molecule is CCn1c(COC)c(N)c(=O)n1C1CCCCC1. The van der Waals surface area contributed by atoms with Crippen molar-refractivity contribution in [2.75, 3.05) is 12.8 Å². The summed E-state index contributed by atoms with van der Waals surface area (Å²) < 4.78 is 9.01. The van der Waals surface area contributed by atoms with Crippen molar-refractivity contribution in [3.8, 4) is 0 Å². The zero-order chi connectivity index (χ0) is 13.1. The standard InChI is InChI=1S/C13H23N3O2/c1-3-15-11(9-18-2)12(14)13(17)16(15)10-7-5-4-6-8-10/h10H,3-9,14H2,1-2H3. The van der Waals surface area contributed by atoms with E-state index >= 15 is 0 Å². The third-order valence-electron chi connectivity index (χ3n) is 3.82. The molecule has 5 nitrogen and oxygen atoms in total. The van der Waals surface area contributed by atoms with Crippen LogP contribution in [0.3, 0.4) is 0 Å². The summed E-state index contributed by atoms with van der Waals surface area (Å²) in [5, 5.41) is 0. The second-order valence-corrected chi connectivity index (χ2v) is 4.95. The largest absolute Gasteiger partial charge is 0.393 e. The summed E-state index contributed by atoms with van der Waals surface area (Å²) in [6, 6.07) is 0.305. The minimum Gasteiger partial charge on any atom is -0.393 e. The Morgan fingerprint density at radius 1 is 1.33 bits per heavy atom. The maximum Gasteiger partial charge on any atom is 0.290 e. The maximum atomic E-state index is 12.3. The fourth-order valence-corrected chi connectivity index (χ4v) is 2.95. The Kier molecular flexibility index (Phi) is 4.11. The Labute approximate surface area is 108 Å². The van der Waals surface area contributed by atoms with Crippen LogP contribution in [0.2, 0.25) is 0 Å². The molecule has 0 spiro atoms. The molecule has 18 heavy (non-hydrogen) atoms. The Hall–Kier alpha value is -1.23. The van der Waals surface area contributed by atoms with Gasteiger partial charge in [-0.25, -0.2) is 4.68 Å². The predicted octanol–water partition coefficient (Wildman–Crippen LogP) is 1.90. The third kappa shape index (κ3) is 2.19. The second kappa shape index (κ2) is 5.61. The van der Waals surface area contributed by atoms with Gasteiger partial charge in [-0.1, -0.05) is 19.3 Å². The van der Waals surface area contributed by atoms with Gasteiger partial charge in [-0.15, -0.1) is 0 Å². The first-order chi connectivity index (χ1) is 8.70.